The topological polar surface area (TPSA) is 534 Å². The summed E-state index contributed by atoms with van der Waals surface area (Å²) in [5.41, 5.74) is 5.26. The van der Waals surface area contributed by atoms with Crippen molar-refractivity contribution in [1.82, 2.24) is 0 Å². The fraction of sp³-hybridized carbons (Fsp3) is 0.966. The molecule has 0 aliphatic carbocycles. The van der Waals surface area contributed by atoms with Crippen LogP contribution in [-0.2, 0) is 28.5 Å². The number of carboxylic acids is 1. The number of hydrogen-bond acceptors (Lipinski definition) is 28. The minimum absolute atomic E-state index is 0.153. The molecule has 5 fully saturated rings. The van der Waals surface area contributed by atoms with E-state index in [-0.39, 0.29) is 6.61 Å². The van der Waals surface area contributed by atoms with Crippen LogP contribution in [0.4, 0.5) is 0 Å². The zero-order chi connectivity index (χ0) is 45.1. The van der Waals surface area contributed by atoms with Gasteiger partial charge in [-0.25, -0.2) is 4.79 Å². The summed E-state index contributed by atoms with van der Waals surface area (Å²) in [6, 6.07) is -1.04. The lowest BCUT2D eigenvalue weighted by Crippen LogP contribution is -2.61. The predicted octanol–water partition coefficient (Wildman–Crippen LogP) is -14.4. The van der Waals surface area contributed by atoms with Gasteiger partial charge in [0, 0.05) is 0 Å². The first kappa shape index (κ1) is 54.4. The van der Waals surface area contributed by atoms with Gasteiger partial charge in [0.15, 0.2) is 37.6 Å². The van der Waals surface area contributed by atoms with E-state index in [9.17, 15) is 15.0 Å². The summed E-state index contributed by atoms with van der Waals surface area (Å²) in [5.74, 6) is -1.52. The first-order valence-electron chi connectivity index (χ1n) is 17.1. The number of aliphatic hydroxyl groups excluding tert-OH is 21. The summed E-state index contributed by atoms with van der Waals surface area (Å²) in [4.78, 5) is 10.4. The molecule has 5 heterocycles. The second kappa shape index (κ2) is 24.7. The molecule has 24 N–H and O–H groups in total. The molecule has 29 heteroatoms. The molecule has 0 saturated carbocycles. The van der Waals surface area contributed by atoms with Crippen LogP contribution in [0.1, 0.15) is 6.92 Å². The molecule has 5 aliphatic heterocycles. The Balaban J connectivity index is 0.000000363. The van der Waals surface area contributed by atoms with Gasteiger partial charge in [0.1, 0.15) is 97.7 Å². The molecule has 0 spiro atoms. The van der Waals surface area contributed by atoms with E-state index in [0.29, 0.717) is 0 Å². The van der Waals surface area contributed by atoms with Crippen molar-refractivity contribution < 1.29 is 141 Å². The zero-order valence-corrected chi connectivity index (χ0v) is 30.3. The van der Waals surface area contributed by atoms with Crippen molar-refractivity contribution in [3.8, 4) is 0 Å². The maximum absolute atomic E-state index is 10.4. The first-order chi connectivity index (χ1) is 26.8. The molecule has 0 bridgehead atoms. The van der Waals surface area contributed by atoms with Crippen LogP contribution in [0.2, 0.25) is 0 Å². The molecule has 346 valence electrons. The third-order valence-corrected chi connectivity index (χ3v) is 8.95. The maximum Gasteiger partial charge on any atom is 0.335 e. The molecule has 0 aromatic heterocycles. The van der Waals surface area contributed by atoms with Crippen molar-refractivity contribution in [2.24, 2.45) is 5.73 Å². The third kappa shape index (κ3) is 14.5. The summed E-state index contributed by atoms with van der Waals surface area (Å²) < 4.78 is 22.8. The average Bonchev–Trinajstić information content (AvgIpc) is 3.19. The standard InChI is InChI=1S/C6H13NO5.C6H10O7.C6H12O6.C6H12O5.C5H10O5/c7-3-5(10)4(9)2(1-8)12-6(3)11;7-1-2(8)4(5(10)11)13-6(12)3(1)9;7-1-2-3(8)4(9)5(10)6(11)12-2;1-2-3(7)4(8)5(9)6(10)11-2;6-2-1-10-5(9)4(8)3(2)7/h2-6,8-11H,1,7H2;1-4,6-9,12H,(H,10,11);2-11H,1H2;2-10H,1H3;2-9H,1H2. The molecule has 29 nitrogen and oxygen atoms in total. The molecule has 5 rings (SSSR count). The van der Waals surface area contributed by atoms with Crippen LogP contribution in [-0.4, -0.2) is 285 Å². The second-order valence-electron chi connectivity index (χ2n) is 13.3. The Labute approximate surface area is 326 Å². The van der Waals surface area contributed by atoms with E-state index >= 15 is 0 Å². The Morgan fingerprint density at radius 1 is 0.466 bits per heavy atom. The summed E-state index contributed by atoms with van der Waals surface area (Å²) in [7, 11) is 0. The van der Waals surface area contributed by atoms with Crippen LogP contribution in [0.5, 0.6) is 0 Å². The Kier molecular flexibility index (Phi) is 23.2. The van der Waals surface area contributed by atoms with Gasteiger partial charge >= 0.3 is 5.97 Å². The number of ether oxygens (including phenoxy) is 5. The van der Waals surface area contributed by atoms with Crippen molar-refractivity contribution in [3.05, 3.63) is 0 Å². The lowest BCUT2D eigenvalue weighted by atomic mass is 9.98. The predicted molar refractivity (Wildman–Crippen MR) is 175 cm³/mol. The minimum atomic E-state index is -1.81. The van der Waals surface area contributed by atoms with Crippen LogP contribution in [0, 0.1) is 0 Å². The highest BCUT2D eigenvalue weighted by atomic mass is 16.7. The molecule has 5 aliphatic rings. The van der Waals surface area contributed by atoms with Gasteiger partial charge in [-0.05, 0) is 6.92 Å². The Morgan fingerprint density at radius 2 is 0.845 bits per heavy atom. The molecular formula is C29H57NO28. The van der Waals surface area contributed by atoms with Gasteiger partial charge in [-0.3, -0.25) is 0 Å². The van der Waals surface area contributed by atoms with E-state index in [1.807, 2.05) is 0 Å². The Morgan fingerprint density at radius 3 is 1.29 bits per heavy atom. The van der Waals surface area contributed by atoms with Gasteiger partial charge < -0.3 is 142 Å². The first-order valence-corrected chi connectivity index (χ1v) is 17.1. The van der Waals surface area contributed by atoms with Gasteiger partial charge in [-0.1, -0.05) is 0 Å². The number of aliphatic carboxylic acids is 1. The van der Waals surface area contributed by atoms with E-state index in [4.69, 9.17) is 113 Å². The fourth-order valence-electron chi connectivity index (χ4n) is 5.08. The molecule has 0 amide bonds. The molecule has 0 aromatic rings. The monoisotopic (exact) mass is 867 g/mol. The summed E-state index contributed by atoms with van der Waals surface area (Å²) in [6.45, 7) is 0.354. The molecule has 0 radical (unpaired) electrons. The minimum Gasteiger partial charge on any atom is -0.479 e. The lowest BCUT2D eigenvalue weighted by Gasteiger charge is -2.38. The van der Waals surface area contributed by atoms with Crippen LogP contribution in [0.3, 0.4) is 0 Å². The second-order valence-corrected chi connectivity index (χ2v) is 13.3. The number of carboxylic acid groups (broad SMARTS) is 1. The van der Waals surface area contributed by atoms with Crippen molar-refractivity contribution in [3.63, 3.8) is 0 Å². The van der Waals surface area contributed by atoms with Gasteiger partial charge in [-0.15, -0.1) is 0 Å². The normalized spacial score (nSPS) is 49.2. The van der Waals surface area contributed by atoms with Gasteiger partial charge in [0.05, 0.1) is 32.0 Å². The molecule has 24 unspecified atom stereocenters. The smallest absolute Gasteiger partial charge is 0.335 e. The lowest BCUT2D eigenvalue weighted by molar-refractivity contribution is -0.286. The maximum atomic E-state index is 10.4. The van der Waals surface area contributed by atoms with Crippen LogP contribution in [0.15, 0.2) is 0 Å². The highest BCUT2D eigenvalue weighted by Gasteiger charge is 2.47. The van der Waals surface area contributed by atoms with Crippen molar-refractivity contribution >= 4 is 5.97 Å². The summed E-state index contributed by atoms with van der Waals surface area (Å²) in [5, 5.41) is 196. The van der Waals surface area contributed by atoms with Gasteiger partial charge in [0.25, 0.3) is 0 Å². The molecular weight excluding hydrogens is 810 g/mol. The molecule has 58 heavy (non-hydrogen) atoms. The van der Waals surface area contributed by atoms with E-state index in [1.54, 1.807) is 0 Å². The summed E-state index contributed by atoms with van der Waals surface area (Å²) >= 11 is 0. The van der Waals surface area contributed by atoms with Crippen molar-refractivity contribution in [2.75, 3.05) is 19.8 Å². The van der Waals surface area contributed by atoms with Crippen LogP contribution in [0.25, 0.3) is 0 Å². The molecule has 24 atom stereocenters. The largest absolute Gasteiger partial charge is 0.479 e. The fourth-order valence-corrected chi connectivity index (χ4v) is 5.08. The van der Waals surface area contributed by atoms with Gasteiger partial charge in [0.2, 0.25) is 0 Å². The number of hydrogen-bond donors (Lipinski definition) is 23. The zero-order valence-electron chi connectivity index (χ0n) is 30.3. The Bertz CT molecular complexity index is 1090. The Hall–Kier alpha value is -1.61. The number of nitrogens with two attached hydrogens (primary N) is 1. The SMILES string of the molecule is CC1OC(O)C(O)C(O)C1O.NC1C(O)OC(CO)C(O)C1O.O=C(O)C1OC(O)C(O)C(O)C1O.OC1COC(O)C(O)C1O.OCC1OC(O)C(O)C(O)C1O. The van der Waals surface area contributed by atoms with Crippen molar-refractivity contribution in [2.45, 2.75) is 154 Å². The molecule has 0 aromatic carbocycles. The highest BCUT2D eigenvalue weighted by Crippen LogP contribution is 2.22. The quantitative estimate of drug-likeness (QED) is 0.125. The van der Waals surface area contributed by atoms with E-state index in [1.165, 1.54) is 6.92 Å². The van der Waals surface area contributed by atoms with Gasteiger partial charge in [-0.2, -0.15) is 0 Å². The third-order valence-electron chi connectivity index (χ3n) is 8.95. The van der Waals surface area contributed by atoms with Crippen LogP contribution >= 0.6 is 0 Å². The van der Waals surface area contributed by atoms with E-state index in [0.717, 1.165) is 0 Å². The number of rotatable bonds is 3. The average molecular weight is 868 g/mol. The highest BCUT2D eigenvalue weighted by molar-refractivity contribution is 5.73. The summed E-state index contributed by atoms with van der Waals surface area (Å²) in [6.07, 6.45) is -31.8. The van der Waals surface area contributed by atoms with Crippen molar-refractivity contribution in [1.29, 1.82) is 0 Å². The van der Waals surface area contributed by atoms with E-state index < -0.39 is 167 Å². The van der Waals surface area contributed by atoms with E-state index in [2.05, 4.69) is 18.9 Å². The molecule has 5 saturated heterocycles. The number of aliphatic hydroxyl groups is 21. The van der Waals surface area contributed by atoms with Crippen LogP contribution < -0.4 is 5.73 Å². The number of carbonyl (C=O) groups is 1.